The zero-order valence-corrected chi connectivity index (χ0v) is 24.4. The normalized spacial score (nSPS) is 13.3. The Labute approximate surface area is 246 Å². The second kappa shape index (κ2) is 12.5. The second-order valence-corrected chi connectivity index (χ2v) is 10.3. The highest BCUT2D eigenvalue weighted by molar-refractivity contribution is 7.00. The second-order valence-electron chi connectivity index (χ2n) is 9.78. The van der Waals surface area contributed by atoms with Gasteiger partial charge in [-0.3, -0.25) is 4.79 Å². The largest absolute Gasteiger partial charge is 0.497 e. The number of hydrogen-bond donors (Lipinski definition) is 1. The van der Waals surface area contributed by atoms with Gasteiger partial charge in [-0.25, -0.2) is 4.79 Å². The highest BCUT2D eigenvalue weighted by Crippen LogP contribution is 2.42. The summed E-state index contributed by atoms with van der Waals surface area (Å²) >= 11 is 1.02. The third-order valence-electron chi connectivity index (χ3n) is 7.05. The quantitative estimate of drug-likeness (QED) is 0.158. The smallest absolute Gasteiger partial charge is 0.336 e. The first-order valence-corrected chi connectivity index (χ1v) is 13.9. The standard InChI is InChI=1S/C31H30N2O8S/c1-37-20-8-10-25(38-2)21(15-20)29(34)22(28(31(35)36)19-7-9-23-24(14-19)33-42-32-23)11-18-12-26(39-3)30(27(13-18)40-4)41-16-17-5-6-17/h7-10,12-15,17H,5-6,11,16H2,1-4H3,(H,35,36). The Morgan fingerprint density at radius 1 is 0.857 bits per heavy atom. The molecule has 0 saturated heterocycles. The molecule has 1 saturated carbocycles. The molecule has 11 heteroatoms. The van der Waals surface area contributed by atoms with Crippen LogP contribution < -0.4 is 23.7 Å². The van der Waals surface area contributed by atoms with E-state index in [1.807, 2.05) is 0 Å². The summed E-state index contributed by atoms with van der Waals surface area (Å²) in [6.07, 6.45) is 2.17. The van der Waals surface area contributed by atoms with Crippen molar-refractivity contribution in [3.05, 3.63) is 70.8 Å². The van der Waals surface area contributed by atoms with E-state index >= 15 is 0 Å². The van der Waals surface area contributed by atoms with Crippen molar-refractivity contribution in [3.63, 3.8) is 0 Å². The fraction of sp³-hybridized carbons (Fsp3) is 0.290. The van der Waals surface area contributed by atoms with Gasteiger partial charge in [0.2, 0.25) is 5.75 Å². The maximum Gasteiger partial charge on any atom is 0.336 e. The minimum Gasteiger partial charge on any atom is -0.497 e. The monoisotopic (exact) mass is 590 g/mol. The molecule has 1 aliphatic carbocycles. The molecule has 0 amide bonds. The first-order chi connectivity index (χ1) is 20.4. The Bertz CT molecular complexity index is 1650. The van der Waals surface area contributed by atoms with Gasteiger partial charge in [0, 0.05) is 12.0 Å². The number of ether oxygens (including phenoxy) is 5. The number of hydrogen-bond acceptors (Lipinski definition) is 10. The number of Topliss-reactive ketones (excluding diaryl/α,β-unsaturated/α-hetero) is 1. The van der Waals surface area contributed by atoms with Gasteiger partial charge in [0.25, 0.3) is 0 Å². The summed E-state index contributed by atoms with van der Waals surface area (Å²) < 4.78 is 36.6. The van der Waals surface area contributed by atoms with E-state index in [9.17, 15) is 14.7 Å². The van der Waals surface area contributed by atoms with Gasteiger partial charge in [-0.1, -0.05) is 6.07 Å². The number of fused-ring (bicyclic) bond motifs is 1. The van der Waals surface area contributed by atoms with E-state index in [1.54, 1.807) is 42.5 Å². The summed E-state index contributed by atoms with van der Waals surface area (Å²) in [5.74, 6) is 0.698. The number of methoxy groups -OCH3 is 4. The van der Waals surface area contributed by atoms with Crippen LogP contribution in [0.15, 0.2) is 54.1 Å². The molecule has 1 heterocycles. The van der Waals surface area contributed by atoms with E-state index in [-0.39, 0.29) is 28.9 Å². The summed E-state index contributed by atoms with van der Waals surface area (Å²) in [5.41, 5.74) is 2.07. The van der Waals surface area contributed by atoms with E-state index in [4.69, 9.17) is 23.7 Å². The number of nitrogens with zero attached hydrogens (tertiary/aromatic N) is 2. The lowest BCUT2D eigenvalue weighted by Gasteiger charge is -2.18. The zero-order chi connectivity index (χ0) is 29.8. The van der Waals surface area contributed by atoms with Crippen molar-refractivity contribution in [1.29, 1.82) is 0 Å². The Kier molecular flexibility index (Phi) is 8.58. The number of carboxylic acids is 1. The van der Waals surface area contributed by atoms with Crippen molar-refractivity contribution in [2.75, 3.05) is 35.0 Å². The van der Waals surface area contributed by atoms with Crippen LogP contribution >= 0.6 is 11.7 Å². The van der Waals surface area contributed by atoms with E-state index in [0.29, 0.717) is 57.7 Å². The van der Waals surface area contributed by atoms with Gasteiger partial charge < -0.3 is 28.8 Å². The number of benzene rings is 3. The lowest BCUT2D eigenvalue weighted by molar-refractivity contribution is -0.130. The third kappa shape index (κ3) is 6.01. The predicted octanol–water partition coefficient (Wildman–Crippen LogP) is 5.48. The van der Waals surface area contributed by atoms with Crippen LogP contribution in [0, 0.1) is 5.92 Å². The number of aliphatic carboxylic acids is 1. The van der Waals surface area contributed by atoms with Crippen molar-refractivity contribution in [1.82, 2.24) is 8.75 Å². The average Bonchev–Trinajstić information content (AvgIpc) is 3.72. The van der Waals surface area contributed by atoms with Crippen LogP contribution in [-0.4, -0.2) is 60.7 Å². The molecule has 0 bridgehead atoms. The molecule has 1 aliphatic rings. The van der Waals surface area contributed by atoms with Crippen LogP contribution in [0.5, 0.6) is 28.7 Å². The van der Waals surface area contributed by atoms with Gasteiger partial charge in [0.15, 0.2) is 17.3 Å². The van der Waals surface area contributed by atoms with Crippen molar-refractivity contribution in [3.8, 4) is 28.7 Å². The summed E-state index contributed by atoms with van der Waals surface area (Å²) in [6, 6.07) is 13.2. The van der Waals surface area contributed by atoms with E-state index in [0.717, 1.165) is 24.6 Å². The highest BCUT2D eigenvalue weighted by Gasteiger charge is 2.28. The first-order valence-electron chi connectivity index (χ1n) is 13.2. The van der Waals surface area contributed by atoms with Crippen LogP contribution in [0.25, 0.3) is 16.6 Å². The number of aromatic nitrogens is 2. The molecule has 4 aromatic rings. The Hall–Kier alpha value is -4.64. The van der Waals surface area contributed by atoms with Gasteiger partial charge in [-0.05, 0) is 72.4 Å². The van der Waals surface area contributed by atoms with Gasteiger partial charge in [0.05, 0.1) is 57.9 Å². The number of allylic oxidation sites excluding steroid dienone is 1. The molecule has 0 aliphatic heterocycles. The van der Waals surface area contributed by atoms with Crippen LogP contribution in [0.4, 0.5) is 0 Å². The molecule has 10 nitrogen and oxygen atoms in total. The van der Waals surface area contributed by atoms with Crippen LogP contribution in [0.1, 0.15) is 34.3 Å². The van der Waals surface area contributed by atoms with Crippen molar-refractivity contribution in [2.45, 2.75) is 19.3 Å². The van der Waals surface area contributed by atoms with E-state index in [1.165, 1.54) is 34.5 Å². The summed E-state index contributed by atoms with van der Waals surface area (Å²) in [5, 5.41) is 10.5. The maximum atomic E-state index is 14.3. The highest BCUT2D eigenvalue weighted by atomic mass is 32.1. The van der Waals surface area contributed by atoms with Crippen molar-refractivity contribution >= 4 is 40.1 Å². The molecule has 42 heavy (non-hydrogen) atoms. The topological polar surface area (TPSA) is 126 Å². The van der Waals surface area contributed by atoms with Gasteiger partial charge >= 0.3 is 5.97 Å². The molecular weight excluding hydrogens is 560 g/mol. The minimum atomic E-state index is -1.27. The SMILES string of the molecule is COc1ccc(OC)c(C(=O)C(Cc2cc(OC)c(OCC3CC3)c(OC)c2)=C(C(=O)O)c2ccc3nsnc3c2)c1. The lowest BCUT2D eigenvalue weighted by atomic mass is 9.88. The van der Waals surface area contributed by atoms with Gasteiger partial charge in [-0.15, -0.1) is 0 Å². The van der Waals surface area contributed by atoms with Crippen molar-refractivity contribution in [2.24, 2.45) is 5.92 Å². The molecule has 0 atom stereocenters. The number of rotatable bonds is 13. The number of ketones is 1. The number of carboxylic acid groups (broad SMARTS) is 1. The average molecular weight is 591 g/mol. The van der Waals surface area contributed by atoms with Crippen LogP contribution in [0.2, 0.25) is 0 Å². The molecule has 1 aromatic heterocycles. The molecule has 3 aromatic carbocycles. The van der Waals surface area contributed by atoms with E-state index < -0.39 is 11.8 Å². The Morgan fingerprint density at radius 3 is 2.17 bits per heavy atom. The molecule has 0 radical (unpaired) electrons. The molecule has 218 valence electrons. The maximum absolute atomic E-state index is 14.3. The summed E-state index contributed by atoms with van der Waals surface area (Å²) in [6.45, 7) is 0.544. The zero-order valence-electron chi connectivity index (χ0n) is 23.6. The number of carbonyl (C=O) groups is 2. The van der Waals surface area contributed by atoms with Gasteiger partial charge in [0.1, 0.15) is 22.5 Å². The van der Waals surface area contributed by atoms with E-state index in [2.05, 4.69) is 8.75 Å². The Morgan fingerprint density at radius 2 is 1.55 bits per heavy atom. The molecule has 0 unspecified atom stereocenters. The Balaban J connectivity index is 1.68. The molecule has 1 N–H and O–H groups in total. The van der Waals surface area contributed by atoms with Crippen molar-refractivity contribution < 1.29 is 38.4 Å². The molecule has 5 rings (SSSR count). The van der Waals surface area contributed by atoms with Crippen LogP contribution in [0.3, 0.4) is 0 Å². The molecular formula is C31H30N2O8S. The fourth-order valence-electron chi connectivity index (χ4n) is 4.67. The lowest BCUT2D eigenvalue weighted by Crippen LogP contribution is -2.15. The molecule has 0 spiro atoms. The predicted molar refractivity (Wildman–Crippen MR) is 157 cm³/mol. The summed E-state index contributed by atoms with van der Waals surface area (Å²) in [4.78, 5) is 27.2. The van der Waals surface area contributed by atoms with Crippen LogP contribution in [-0.2, 0) is 11.2 Å². The van der Waals surface area contributed by atoms with Gasteiger partial charge in [-0.2, -0.15) is 8.75 Å². The molecule has 1 fully saturated rings. The number of carbonyl (C=O) groups excluding carboxylic acids is 1. The fourth-order valence-corrected chi connectivity index (χ4v) is 5.19. The first kappa shape index (κ1) is 28.9. The summed E-state index contributed by atoms with van der Waals surface area (Å²) in [7, 11) is 5.97. The third-order valence-corrected chi connectivity index (χ3v) is 7.60. The minimum absolute atomic E-state index is 0.0207.